The second-order valence-electron chi connectivity index (χ2n) is 4.18. The van der Waals surface area contributed by atoms with Gasteiger partial charge in [-0.1, -0.05) is 23.2 Å². The Hall–Kier alpha value is -1.44. The summed E-state index contributed by atoms with van der Waals surface area (Å²) in [4.78, 5) is -0.135. The average Bonchev–Trinajstić information content (AvgIpc) is 2.63. The molecule has 2 aromatic rings. The third-order valence-electron chi connectivity index (χ3n) is 2.64. The van der Waals surface area contributed by atoms with Crippen LogP contribution in [0.1, 0.15) is 5.69 Å². The first-order chi connectivity index (χ1) is 9.22. The molecule has 0 saturated carbocycles. The van der Waals surface area contributed by atoms with Crippen LogP contribution in [0.15, 0.2) is 23.2 Å². The first kappa shape index (κ1) is 15.0. The number of nitrogens with one attached hydrogen (secondary N) is 1. The Morgan fingerprint density at radius 2 is 2.00 bits per heavy atom. The molecule has 0 aliphatic rings. The van der Waals surface area contributed by atoms with E-state index in [0.717, 1.165) is 0 Å². The molecule has 0 bridgehead atoms. The molecule has 0 radical (unpaired) electrons. The van der Waals surface area contributed by atoms with Crippen molar-refractivity contribution in [1.82, 2.24) is 9.78 Å². The van der Waals surface area contributed by atoms with Gasteiger partial charge in [0.2, 0.25) is 0 Å². The van der Waals surface area contributed by atoms with Crippen LogP contribution in [0.25, 0.3) is 0 Å². The molecule has 2 rings (SSSR count). The van der Waals surface area contributed by atoms with Gasteiger partial charge in [0.15, 0.2) is 0 Å². The van der Waals surface area contributed by atoms with E-state index in [9.17, 15) is 8.42 Å². The van der Waals surface area contributed by atoms with Gasteiger partial charge in [-0.15, -0.1) is 0 Å². The molecule has 6 nitrogen and oxygen atoms in total. The number of aryl methyl sites for hydroxylation is 2. The van der Waals surface area contributed by atoms with Gasteiger partial charge in [0, 0.05) is 13.2 Å². The van der Waals surface area contributed by atoms with E-state index < -0.39 is 10.0 Å². The summed E-state index contributed by atoms with van der Waals surface area (Å²) in [5.74, 6) is 0. The second kappa shape index (κ2) is 5.16. The van der Waals surface area contributed by atoms with Gasteiger partial charge in [0.1, 0.15) is 4.90 Å². The molecule has 3 N–H and O–H groups in total. The molecule has 0 aliphatic heterocycles. The van der Waals surface area contributed by atoms with E-state index in [1.807, 2.05) is 0 Å². The van der Waals surface area contributed by atoms with Crippen LogP contribution < -0.4 is 10.5 Å². The molecule has 9 heteroatoms. The molecule has 1 aromatic heterocycles. The summed E-state index contributed by atoms with van der Waals surface area (Å²) in [6.07, 6.45) is 1.56. The van der Waals surface area contributed by atoms with Gasteiger partial charge in [-0.05, 0) is 19.1 Å². The summed E-state index contributed by atoms with van der Waals surface area (Å²) in [6.45, 7) is 1.69. The summed E-state index contributed by atoms with van der Waals surface area (Å²) in [5.41, 5.74) is 6.58. The zero-order valence-corrected chi connectivity index (χ0v) is 13.0. The van der Waals surface area contributed by atoms with Crippen molar-refractivity contribution >= 4 is 44.6 Å². The van der Waals surface area contributed by atoms with E-state index in [2.05, 4.69) is 9.82 Å². The number of anilines is 2. The number of nitrogen functional groups attached to an aromatic ring is 1. The lowest BCUT2D eigenvalue weighted by atomic mass is 10.3. The van der Waals surface area contributed by atoms with Crippen LogP contribution >= 0.6 is 23.2 Å². The van der Waals surface area contributed by atoms with Crippen LogP contribution in [-0.4, -0.2) is 18.2 Å². The minimum absolute atomic E-state index is 0.0270. The third-order valence-corrected chi connectivity index (χ3v) is 4.90. The fourth-order valence-corrected chi connectivity index (χ4v) is 3.52. The summed E-state index contributed by atoms with van der Waals surface area (Å²) < 4.78 is 28.6. The number of aromatic nitrogens is 2. The maximum atomic E-state index is 12.3. The monoisotopic (exact) mass is 334 g/mol. The predicted octanol–water partition coefficient (Wildman–Crippen LogP) is 2.42. The highest BCUT2D eigenvalue weighted by molar-refractivity contribution is 7.92. The Labute approximate surface area is 126 Å². The van der Waals surface area contributed by atoms with Gasteiger partial charge in [-0.2, -0.15) is 5.10 Å². The lowest BCUT2D eigenvalue weighted by Gasteiger charge is -2.10. The maximum Gasteiger partial charge on any atom is 0.263 e. The number of nitrogens with zero attached hydrogens (tertiary/aromatic N) is 2. The minimum atomic E-state index is -3.87. The summed E-state index contributed by atoms with van der Waals surface area (Å²) in [6, 6.07) is 2.68. The zero-order chi connectivity index (χ0) is 15.1. The number of rotatable bonds is 3. The van der Waals surface area contributed by atoms with E-state index >= 15 is 0 Å². The molecule has 0 fully saturated rings. The maximum absolute atomic E-state index is 12.3. The molecule has 0 unspecified atom stereocenters. The van der Waals surface area contributed by atoms with E-state index in [1.54, 1.807) is 20.2 Å². The van der Waals surface area contributed by atoms with Crippen molar-refractivity contribution in [3.8, 4) is 0 Å². The first-order valence-electron chi connectivity index (χ1n) is 5.49. The SMILES string of the molecule is Cc1nn(C)cc1NS(=O)(=O)c1ccc(Cl)c(N)c1Cl. The smallest absolute Gasteiger partial charge is 0.263 e. The van der Waals surface area contributed by atoms with Gasteiger partial charge >= 0.3 is 0 Å². The molecular formula is C11H12Cl2N4O2S. The lowest BCUT2D eigenvalue weighted by molar-refractivity contribution is 0.601. The molecule has 20 heavy (non-hydrogen) atoms. The van der Waals surface area contributed by atoms with E-state index in [-0.39, 0.29) is 20.6 Å². The average molecular weight is 335 g/mol. The van der Waals surface area contributed by atoms with Crippen molar-refractivity contribution in [1.29, 1.82) is 0 Å². The van der Waals surface area contributed by atoms with Crippen LogP contribution in [0.3, 0.4) is 0 Å². The number of hydrogen-bond acceptors (Lipinski definition) is 4. The van der Waals surface area contributed by atoms with Crippen LogP contribution in [0.4, 0.5) is 11.4 Å². The molecule has 0 aliphatic carbocycles. The number of halogens is 2. The van der Waals surface area contributed by atoms with E-state index in [4.69, 9.17) is 28.9 Å². The van der Waals surface area contributed by atoms with Crippen molar-refractivity contribution in [3.63, 3.8) is 0 Å². The largest absolute Gasteiger partial charge is 0.396 e. The van der Waals surface area contributed by atoms with Crippen molar-refractivity contribution in [2.24, 2.45) is 7.05 Å². The molecule has 0 saturated heterocycles. The highest BCUT2D eigenvalue weighted by Crippen LogP contribution is 2.34. The Morgan fingerprint density at radius 1 is 1.35 bits per heavy atom. The highest BCUT2D eigenvalue weighted by atomic mass is 35.5. The number of nitrogens with two attached hydrogens (primary N) is 1. The first-order valence-corrected chi connectivity index (χ1v) is 7.73. The van der Waals surface area contributed by atoms with Gasteiger partial charge in [0.05, 0.1) is 27.1 Å². The minimum Gasteiger partial charge on any atom is -0.396 e. The Kier molecular flexibility index (Phi) is 3.86. The van der Waals surface area contributed by atoms with Gasteiger partial charge in [0.25, 0.3) is 10.0 Å². The molecule has 0 spiro atoms. The number of benzene rings is 1. The quantitative estimate of drug-likeness (QED) is 0.843. The van der Waals surface area contributed by atoms with Gasteiger partial charge < -0.3 is 5.73 Å². The normalized spacial score (nSPS) is 11.6. The molecular weight excluding hydrogens is 323 g/mol. The van der Waals surface area contributed by atoms with Crippen molar-refractivity contribution in [2.45, 2.75) is 11.8 Å². The summed E-state index contributed by atoms with van der Waals surface area (Å²) >= 11 is 11.7. The standard InChI is InChI=1S/C11H12Cl2N4O2S/c1-6-8(5-17(2)15-6)16-20(18,19)9-4-3-7(12)11(14)10(9)13/h3-5,16H,14H2,1-2H3. The molecule has 0 atom stereocenters. The fourth-order valence-electron chi connectivity index (χ4n) is 1.66. The van der Waals surface area contributed by atoms with E-state index in [1.165, 1.54) is 16.8 Å². The summed E-state index contributed by atoms with van der Waals surface area (Å²) in [5, 5.41) is 4.15. The molecule has 1 heterocycles. The Balaban J connectivity index is 2.46. The second-order valence-corrected chi connectivity index (χ2v) is 6.62. The highest BCUT2D eigenvalue weighted by Gasteiger charge is 2.22. The van der Waals surface area contributed by atoms with Crippen LogP contribution in [0, 0.1) is 6.92 Å². The Bertz CT molecular complexity index is 771. The van der Waals surface area contributed by atoms with Gasteiger partial charge in [-0.25, -0.2) is 8.42 Å². The predicted molar refractivity (Wildman–Crippen MR) is 79.6 cm³/mol. The number of hydrogen-bond donors (Lipinski definition) is 2. The van der Waals surface area contributed by atoms with Crippen LogP contribution in [0.2, 0.25) is 10.0 Å². The third kappa shape index (κ3) is 2.70. The van der Waals surface area contributed by atoms with Crippen LogP contribution in [0.5, 0.6) is 0 Å². The molecule has 1 aromatic carbocycles. The Morgan fingerprint density at radius 3 is 2.55 bits per heavy atom. The zero-order valence-electron chi connectivity index (χ0n) is 10.7. The lowest BCUT2D eigenvalue weighted by Crippen LogP contribution is -2.14. The van der Waals surface area contributed by atoms with Crippen molar-refractivity contribution < 1.29 is 8.42 Å². The van der Waals surface area contributed by atoms with Gasteiger partial charge in [-0.3, -0.25) is 9.40 Å². The topological polar surface area (TPSA) is 90.0 Å². The van der Waals surface area contributed by atoms with Crippen LogP contribution in [-0.2, 0) is 17.1 Å². The molecule has 0 amide bonds. The molecule has 108 valence electrons. The van der Waals surface area contributed by atoms with Crippen molar-refractivity contribution in [3.05, 3.63) is 34.1 Å². The number of sulfonamides is 1. The van der Waals surface area contributed by atoms with Crippen molar-refractivity contribution in [2.75, 3.05) is 10.5 Å². The fraction of sp³-hybridized carbons (Fsp3) is 0.182. The summed E-state index contributed by atoms with van der Waals surface area (Å²) in [7, 11) is -2.17. The van der Waals surface area contributed by atoms with E-state index in [0.29, 0.717) is 11.4 Å².